The van der Waals surface area contributed by atoms with Crippen molar-refractivity contribution < 1.29 is 17.9 Å². The molecule has 0 saturated heterocycles. The summed E-state index contributed by atoms with van der Waals surface area (Å²) in [6.07, 6.45) is 5.70. The van der Waals surface area contributed by atoms with Crippen LogP contribution in [0.4, 0.5) is 0 Å². The highest BCUT2D eigenvalue weighted by Gasteiger charge is 2.17. The minimum absolute atomic E-state index is 0.204. The maximum absolute atomic E-state index is 12.6. The van der Waals surface area contributed by atoms with E-state index in [4.69, 9.17) is 4.74 Å². The maximum Gasteiger partial charge on any atom is 0.331 e. The van der Waals surface area contributed by atoms with E-state index in [1.54, 1.807) is 51.1 Å². The third-order valence-electron chi connectivity index (χ3n) is 3.16. The van der Waals surface area contributed by atoms with Crippen molar-refractivity contribution in [3.63, 3.8) is 0 Å². The number of esters is 1. The summed E-state index contributed by atoms with van der Waals surface area (Å²) in [5, 5.41) is 0.663. The van der Waals surface area contributed by atoms with Gasteiger partial charge in [-0.15, -0.1) is 0 Å². The fraction of sp³-hybridized carbons (Fsp3) is 0.278. The van der Waals surface area contributed by atoms with Gasteiger partial charge in [-0.05, 0) is 56.2 Å². The number of benzene rings is 1. The van der Waals surface area contributed by atoms with Gasteiger partial charge in [-0.3, -0.25) is 0 Å². The van der Waals surface area contributed by atoms with Gasteiger partial charge in [-0.1, -0.05) is 28.1 Å². The summed E-state index contributed by atoms with van der Waals surface area (Å²) < 4.78 is 31.5. The Hall–Kier alpha value is -1.86. The van der Waals surface area contributed by atoms with E-state index in [0.29, 0.717) is 10.9 Å². The maximum atomic E-state index is 12.6. The van der Waals surface area contributed by atoms with Crippen LogP contribution in [-0.2, 0) is 24.9 Å². The largest absolute Gasteiger partial charge is 0.457 e. The molecule has 0 aliphatic carbocycles. The summed E-state index contributed by atoms with van der Waals surface area (Å²) in [4.78, 5) is 11.9. The number of halogens is 1. The lowest BCUT2D eigenvalue weighted by atomic mass is 10.2. The van der Waals surface area contributed by atoms with Gasteiger partial charge >= 0.3 is 5.97 Å². The second-order valence-corrected chi connectivity index (χ2v) is 8.83. The zero-order chi connectivity index (χ0) is 18.7. The number of aromatic nitrogens is 1. The van der Waals surface area contributed by atoms with Crippen LogP contribution in [0.3, 0.4) is 0 Å². The molecule has 0 N–H and O–H groups in total. The molecule has 0 atom stereocenters. The Morgan fingerprint density at radius 2 is 1.84 bits per heavy atom. The highest BCUT2D eigenvalue weighted by Crippen LogP contribution is 2.18. The Bertz CT molecular complexity index is 875. The average Bonchev–Trinajstić information content (AvgIpc) is 3.01. The average molecular weight is 426 g/mol. The van der Waals surface area contributed by atoms with Crippen LogP contribution in [0.15, 0.2) is 53.7 Å². The van der Waals surface area contributed by atoms with Gasteiger partial charge in [0.1, 0.15) is 5.60 Å². The van der Waals surface area contributed by atoms with Crippen LogP contribution in [0, 0.1) is 0 Å². The lowest BCUT2D eigenvalue weighted by molar-refractivity contribution is -0.148. The van der Waals surface area contributed by atoms with E-state index in [-0.39, 0.29) is 4.90 Å². The SMILES string of the molecule is CC(C)(C)OC(=O)/C=C/c1ccn(S(=O)(=O)c2ccc(CBr)cc2)c1. The van der Waals surface area contributed by atoms with E-state index >= 15 is 0 Å². The molecule has 0 unspecified atom stereocenters. The van der Waals surface area contributed by atoms with Gasteiger partial charge in [-0.25, -0.2) is 17.2 Å². The summed E-state index contributed by atoms with van der Waals surface area (Å²) in [5.74, 6) is -0.478. The molecule has 134 valence electrons. The van der Waals surface area contributed by atoms with E-state index in [1.807, 2.05) is 0 Å². The summed E-state index contributed by atoms with van der Waals surface area (Å²) in [6, 6.07) is 8.28. The van der Waals surface area contributed by atoms with E-state index in [0.717, 1.165) is 9.54 Å². The van der Waals surface area contributed by atoms with Crippen LogP contribution in [0.25, 0.3) is 6.08 Å². The number of hydrogen-bond donors (Lipinski definition) is 0. The third kappa shape index (κ3) is 5.31. The molecule has 0 amide bonds. The minimum atomic E-state index is -3.66. The van der Waals surface area contributed by atoms with Crippen molar-refractivity contribution in [1.82, 2.24) is 3.97 Å². The molecule has 1 aromatic heterocycles. The lowest BCUT2D eigenvalue weighted by Gasteiger charge is -2.17. The first kappa shape index (κ1) is 19.5. The summed E-state index contributed by atoms with van der Waals surface area (Å²) in [5.41, 5.74) is 1.01. The van der Waals surface area contributed by atoms with Gasteiger partial charge in [-0.2, -0.15) is 0 Å². The first-order chi connectivity index (χ1) is 11.6. The zero-order valence-corrected chi connectivity index (χ0v) is 16.7. The third-order valence-corrected chi connectivity index (χ3v) is 5.46. The molecule has 7 heteroatoms. The molecule has 2 aromatic rings. The second-order valence-electron chi connectivity index (χ2n) is 6.42. The van der Waals surface area contributed by atoms with E-state index in [2.05, 4.69) is 15.9 Å². The Labute approximate surface area is 156 Å². The minimum Gasteiger partial charge on any atom is -0.457 e. The van der Waals surface area contributed by atoms with Crippen LogP contribution in [0.5, 0.6) is 0 Å². The van der Waals surface area contributed by atoms with Crippen LogP contribution >= 0.6 is 15.9 Å². The zero-order valence-electron chi connectivity index (χ0n) is 14.3. The fourth-order valence-electron chi connectivity index (χ4n) is 2.01. The summed E-state index contributed by atoms with van der Waals surface area (Å²) >= 11 is 3.33. The molecule has 1 aromatic carbocycles. The van der Waals surface area contributed by atoms with Crippen LogP contribution in [-0.4, -0.2) is 24.0 Å². The van der Waals surface area contributed by atoms with Gasteiger partial charge < -0.3 is 4.74 Å². The number of nitrogens with zero attached hydrogens (tertiary/aromatic N) is 1. The lowest BCUT2D eigenvalue weighted by Crippen LogP contribution is -2.22. The topological polar surface area (TPSA) is 65.4 Å². The van der Waals surface area contributed by atoms with Crippen molar-refractivity contribution in [2.24, 2.45) is 0 Å². The predicted octanol–water partition coefficient (Wildman–Crippen LogP) is 3.97. The predicted molar refractivity (Wildman–Crippen MR) is 101 cm³/mol. The molecule has 25 heavy (non-hydrogen) atoms. The number of hydrogen-bond acceptors (Lipinski definition) is 4. The summed E-state index contributed by atoms with van der Waals surface area (Å²) in [7, 11) is -3.66. The first-order valence-corrected chi connectivity index (χ1v) is 10.2. The molecule has 2 rings (SSSR count). The van der Waals surface area contributed by atoms with Crippen LogP contribution in [0.1, 0.15) is 31.9 Å². The van der Waals surface area contributed by atoms with Gasteiger partial charge in [0.25, 0.3) is 10.0 Å². The molecule has 0 fully saturated rings. The highest BCUT2D eigenvalue weighted by molar-refractivity contribution is 9.08. The van der Waals surface area contributed by atoms with Crippen molar-refractivity contribution in [2.45, 2.75) is 36.6 Å². The molecule has 1 heterocycles. The van der Waals surface area contributed by atoms with Gasteiger partial charge in [0.2, 0.25) is 0 Å². The van der Waals surface area contributed by atoms with Gasteiger partial charge in [0.15, 0.2) is 0 Å². The fourth-order valence-corrected chi connectivity index (χ4v) is 3.59. The van der Waals surface area contributed by atoms with Gasteiger partial charge in [0, 0.05) is 23.8 Å². The van der Waals surface area contributed by atoms with Crippen molar-refractivity contribution in [1.29, 1.82) is 0 Å². The smallest absolute Gasteiger partial charge is 0.331 e. The van der Waals surface area contributed by atoms with Crippen molar-refractivity contribution >= 4 is 38.0 Å². The van der Waals surface area contributed by atoms with Gasteiger partial charge in [0.05, 0.1) is 4.90 Å². The van der Waals surface area contributed by atoms with E-state index in [9.17, 15) is 13.2 Å². The van der Waals surface area contributed by atoms with Crippen LogP contribution < -0.4 is 0 Å². The molecule has 0 bridgehead atoms. The molecule has 0 radical (unpaired) electrons. The molecular formula is C18H20BrNO4S. The molecule has 0 aliphatic heterocycles. The molecular weight excluding hydrogens is 406 g/mol. The van der Waals surface area contributed by atoms with E-state index < -0.39 is 21.6 Å². The highest BCUT2D eigenvalue weighted by atomic mass is 79.9. The molecule has 0 aliphatic rings. The van der Waals surface area contributed by atoms with Crippen molar-refractivity contribution in [2.75, 3.05) is 0 Å². The standard InChI is InChI=1S/C18H20BrNO4S/c1-18(2,3)24-17(21)9-6-15-10-11-20(13-15)25(22,23)16-7-4-14(12-19)5-8-16/h4-11,13H,12H2,1-3H3/b9-6+. The van der Waals surface area contributed by atoms with E-state index in [1.165, 1.54) is 24.5 Å². The van der Waals surface area contributed by atoms with Crippen molar-refractivity contribution in [3.8, 4) is 0 Å². The monoisotopic (exact) mass is 425 g/mol. The first-order valence-electron chi connectivity index (χ1n) is 7.61. The Kier molecular flexibility index (Phi) is 5.90. The second kappa shape index (κ2) is 7.58. The molecule has 0 saturated carbocycles. The number of ether oxygens (including phenoxy) is 1. The number of carbonyl (C=O) groups excluding carboxylic acids is 1. The normalized spacial score (nSPS) is 12.5. The Morgan fingerprint density at radius 3 is 2.40 bits per heavy atom. The molecule has 0 spiro atoms. The summed E-state index contributed by atoms with van der Waals surface area (Å²) in [6.45, 7) is 5.34. The number of carbonyl (C=O) groups is 1. The Morgan fingerprint density at radius 1 is 1.20 bits per heavy atom. The quantitative estimate of drug-likeness (QED) is 0.412. The Balaban J connectivity index is 2.18. The number of alkyl halides is 1. The van der Waals surface area contributed by atoms with Crippen molar-refractivity contribution in [3.05, 3.63) is 59.9 Å². The number of rotatable bonds is 5. The van der Waals surface area contributed by atoms with Crippen LogP contribution in [0.2, 0.25) is 0 Å². The molecule has 5 nitrogen and oxygen atoms in total.